The molecule has 1 atom stereocenters. The van der Waals surface area contributed by atoms with E-state index in [2.05, 4.69) is 11.1 Å². The first kappa shape index (κ1) is 16.9. The summed E-state index contributed by atoms with van der Waals surface area (Å²) in [7, 11) is 0. The van der Waals surface area contributed by atoms with Gasteiger partial charge in [0, 0.05) is 23.4 Å². The highest BCUT2D eigenvalue weighted by molar-refractivity contribution is 6.13. The van der Waals surface area contributed by atoms with Crippen LogP contribution in [-0.2, 0) is 11.3 Å². The van der Waals surface area contributed by atoms with Crippen LogP contribution in [0.1, 0.15) is 43.4 Å². The topological polar surface area (TPSA) is 71.6 Å². The molecule has 1 amide bonds. The number of carbonyl (C=O) groups is 1. The van der Waals surface area contributed by atoms with Gasteiger partial charge in [0.15, 0.2) is 6.17 Å². The molecule has 2 aliphatic rings. The second-order valence-electron chi connectivity index (χ2n) is 7.06. The van der Waals surface area contributed by atoms with Gasteiger partial charge < -0.3 is 10.6 Å². The van der Waals surface area contributed by atoms with Crippen LogP contribution in [0, 0.1) is 5.92 Å². The Morgan fingerprint density at radius 3 is 2.58 bits per heavy atom. The van der Waals surface area contributed by atoms with E-state index in [1.54, 1.807) is 11.1 Å². The minimum Gasteiger partial charge on any atom is -0.303 e. The first-order valence-electron chi connectivity index (χ1n) is 9.38. The van der Waals surface area contributed by atoms with E-state index in [0.717, 1.165) is 35.5 Å². The smallest absolute Gasteiger partial charge is 0.266 e. The van der Waals surface area contributed by atoms with Crippen molar-refractivity contribution < 1.29 is 4.79 Å². The maximum atomic E-state index is 13.0. The van der Waals surface area contributed by atoms with Crippen molar-refractivity contribution >= 4 is 17.3 Å². The largest absolute Gasteiger partial charge is 0.303 e. The van der Waals surface area contributed by atoms with Crippen LogP contribution in [0.15, 0.2) is 53.7 Å². The number of benzodiazepines with no additional fused rings is 1. The minimum absolute atomic E-state index is 0.172. The Morgan fingerprint density at radius 2 is 1.81 bits per heavy atom. The number of carbonyl (C=O) groups excluding carboxylic acids is 1. The summed E-state index contributed by atoms with van der Waals surface area (Å²) < 4.78 is 0. The first-order valence-corrected chi connectivity index (χ1v) is 9.38. The zero-order chi connectivity index (χ0) is 17.9. The molecule has 1 fully saturated rings. The maximum absolute atomic E-state index is 13.0. The van der Waals surface area contributed by atoms with E-state index in [4.69, 9.17) is 10.7 Å². The van der Waals surface area contributed by atoms with Gasteiger partial charge in [0.05, 0.1) is 17.9 Å². The van der Waals surface area contributed by atoms with Gasteiger partial charge in [0.1, 0.15) is 0 Å². The van der Waals surface area contributed by atoms with Crippen molar-refractivity contribution in [2.75, 3.05) is 4.90 Å². The molecule has 1 aliphatic carbocycles. The van der Waals surface area contributed by atoms with Crippen LogP contribution in [0.2, 0.25) is 0 Å². The molecule has 1 aromatic carbocycles. The lowest BCUT2D eigenvalue weighted by Crippen LogP contribution is -2.42. The number of amides is 1. The van der Waals surface area contributed by atoms with Crippen molar-refractivity contribution in [3.63, 3.8) is 0 Å². The van der Waals surface area contributed by atoms with E-state index < -0.39 is 6.17 Å². The van der Waals surface area contributed by atoms with Crippen LogP contribution in [0.5, 0.6) is 0 Å². The second-order valence-corrected chi connectivity index (χ2v) is 7.06. The summed E-state index contributed by atoms with van der Waals surface area (Å²) in [5, 5.41) is 0. The van der Waals surface area contributed by atoms with Crippen LogP contribution < -0.4 is 10.6 Å². The van der Waals surface area contributed by atoms with E-state index in [-0.39, 0.29) is 5.91 Å². The molecule has 26 heavy (non-hydrogen) atoms. The molecule has 134 valence electrons. The van der Waals surface area contributed by atoms with Gasteiger partial charge in [-0.2, -0.15) is 0 Å². The number of fused-ring (bicyclic) bond motifs is 1. The van der Waals surface area contributed by atoms with E-state index in [1.165, 1.54) is 19.3 Å². The Labute approximate surface area is 154 Å². The molecule has 5 heteroatoms. The highest BCUT2D eigenvalue weighted by atomic mass is 16.2. The molecule has 1 saturated carbocycles. The Morgan fingerprint density at radius 1 is 1.04 bits per heavy atom. The van der Waals surface area contributed by atoms with Crippen molar-refractivity contribution in [2.24, 2.45) is 16.6 Å². The third kappa shape index (κ3) is 3.27. The number of aliphatic imine (C=N–C) groups is 1. The summed E-state index contributed by atoms with van der Waals surface area (Å²) >= 11 is 0. The number of para-hydroxylation sites is 1. The van der Waals surface area contributed by atoms with Crippen molar-refractivity contribution in [1.29, 1.82) is 0 Å². The number of nitrogens with zero attached hydrogens (tertiary/aromatic N) is 3. The third-order valence-corrected chi connectivity index (χ3v) is 5.31. The Kier molecular flexibility index (Phi) is 4.80. The minimum atomic E-state index is -0.858. The highest BCUT2D eigenvalue weighted by Crippen LogP contribution is 2.34. The van der Waals surface area contributed by atoms with E-state index in [1.807, 2.05) is 36.4 Å². The summed E-state index contributed by atoms with van der Waals surface area (Å²) in [6.45, 7) is 0.401. The van der Waals surface area contributed by atoms with Gasteiger partial charge in [0.2, 0.25) is 0 Å². The molecule has 2 heterocycles. The highest BCUT2D eigenvalue weighted by Gasteiger charge is 2.32. The lowest BCUT2D eigenvalue weighted by atomic mass is 9.83. The molecule has 0 saturated heterocycles. The molecule has 2 aromatic rings. The number of anilines is 1. The van der Waals surface area contributed by atoms with Crippen LogP contribution in [0.3, 0.4) is 0 Å². The summed E-state index contributed by atoms with van der Waals surface area (Å²) in [4.78, 5) is 23.8. The molecular weight excluding hydrogens is 324 g/mol. The van der Waals surface area contributed by atoms with Gasteiger partial charge in [-0.15, -0.1) is 0 Å². The molecule has 2 N–H and O–H groups in total. The number of aromatic nitrogens is 1. The van der Waals surface area contributed by atoms with Crippen molar-refractivity contribution in [2.45, 2.75) is 44.8 Å². The fraction of sp³-hybridized carbons (Fsp3) is 0.381. The fourth-order valence-electron chi connectivity index (χ4n) is 4.00. The number of nitrogens with two attached hydrogens (primary N) is 1. The van der Waals surface area contributed by atoms with Crippen LogP contribution in [0.25, 0.3) is 0 Å². The predicted molar refractivity (Wildman–Crippen MR) is 103 cm³/mol. The molecular formula is C21H24N4O. The van der Waals surface area contributed by atoms with Crippen LogP contribution in [0.4, 0.5) is 5.69 Å². The number of hydrogen-bond acceptors (Lipinski definition) is 4. The number of benzene rings is 1. The lowest BCUT2D eigenvalue weighted by Gasteiger charge is -2.26. The molecule has 0 unspecified atom stereocenters. The maximum Gasteiger partial charge on any atom is 0.266 e. The Balaban J connectivity index is 1.75. The average Bonchev–Trinajstić information content (AvgIpc) is 2.80. The zero-order valence-electron chi connectivity index (χ0n) is 14.8. The monoisotopic (exact) mass is 348 g/mol. The van der Waals surface area contributed by atoms with Crippen molar-refractivity contribution in [3.8, 4) is 0 Å². The number of rotatable bonds is 3. The summed E-state index contributed by atoms with van der Waals surface area (Å²) in [5.74, 6) is 0.215. The quantitative estimate of drug-likeness (QED) is 0.925. The molecule has 0 spiro atoms. The van der Waals surface area contributed by atoms with Crippen molar-refractivity contribution in [3.05, 3.63) is 59.9 Å². The Hall–Kier alpha value is -2.53. The lowest BCUT2D eigenvalue weighted by molar-refractivity contribution is -0.119. The normalized spacial score (nSPS) is 21.1. The average molecular weight is 348 g/mol. The van der Waals surface area contributed by atoms with E-state index >= 15 is 0 Å². The van der Waals surface area contributed by atoms with E-state index in [9.17, 15) is 4.79 Å². The molecule has 0 radical (unpaired) electrons. The van der Waals surface area contributed by atoms with Crippen LogP contribution in [-0.4, -0.2) is 22.8 Å². The predicted octanol–water partition coefficient (Wildman–Crippen LogP) is 3.28. The van der Waals surface area contributed by atoms with Gasteiger partial charge in [-0.25, -0.2) is 0 Å². The molecule has 5 nitrogen and oxygen atoms in total. The number of pyridine rings is 1. The molecule has 1 aromatic heterocycles. The van der Waals surface area contributed by atoms with Crippen LogP contribution >= 0.6 is 0 Å². The molecule has 0 bridgehead atoms. The summed E-state index contributed by atoms with van der Waals surface area (Å²) in [6.07, 6.45) is 6.83. The fourth-order valence-corrected chi connectivity index (χ4v) is 4.00. The van der Waals surface area contributed by atoms with Crippen molar-refractivity contribution in [1.82, 2.24) is 4.98 Å². The zero-order valence-corrected chi connectivity index (χ0v) is 14.8. The van der Waals surface area contributed by atoms with Gasteiger partial charge in [-0.05, 0) is 31.0 Å². The second kappa shape index (κ2) is 7.38. The number of hydrogen-bond donors (Lipinski definition) is 1. The summed E-state index contributed by atoms with van der Waals surface area (Å²) in [6, 6.07) is 13.8. The van der Waals surface area contributed by atoms with Gasteiger partial charge in [-0.3, -0.25) is 14.8 Å². The van der Waals surface area contributed by atoms with Gasteiger partial charge in [0.25, 0.3) is 5.91 Å². The Bertz CT molecular complexity index is 812. The molecule has 4 rings (SSSR count). The SMILES string of the molecule is N[C@H]1N=C(C2CCCCC2)c2ccccc2N(Cc2ccccn2)C1=O. The third-order valence-electron chi connectivity index (χ3n) is 5.31. The molecule has 1 aliphatic heterocycles. The van der Waals surface area contributed by atoms with Gasteiger partial charge in [-0.1, -0.05) is 43.5 Å². The first-order chi connectivity index (χ1) is 12.7. The van der Waals surface area contributed by atoms with Gasteiger partial charge >= 0.3 is 0 Å². The van der Waals surface area contributed by atoms with E-state index in [0.29, 0.717) is 12.5 Å². The summed E-state index contributed by atoms with van der Waals surface area (Å²) in [5.41, 5.74) is 9.97. The standard InChI is InChI=1S/C21H24N4O/c22-20-21(26)25(14-16-10-6-7-13-23-16)18-12-5-4-11-17(18)19(24-20)15-8-2-1-3-9-15/h4-7,10-13,15,20H,1-3,8-9,14,22H2/t20-/m0/s1.